The summed E-state index contributed by atoms with van der Waals surface area (Å²) >= 11 is 0. The highest BCUT2D eigenvalue weighted by Gasteiger charge is 2.19. The highest BCUT2D eigenvalue weighted by molar-refractivity contribution is 6.19. The maximum absolute atomic E-state index is 6.64. The van der Waals surface area contributed by atoms with Crippen LogP contribution in [-0.2, 0) is 0 Å². The van der Waals surface area contributed by atoms with Crippen LogP contribution in [0.1, 0.15) is 0 Å². The predicted molar refractivity (Wildman–Crippen MR) is 292 cm³/mol. The Morgan fingerprint density at radius 3 is 1.57 bits per heavy atom. The van der Waals surface area contributed by atoms with Crippen LogP contribution >= 0.6 is 0 Å². The van der Waals surface area contributed by atoms with Crippen LogP contribution < -0.4 is 4.90 Å². The number of para-hydroxylation sites is 2. The van der Waals surface area contributed by atoms with Gasteiger partial charge in [-0.3, -0.25) is 0 Å². The minimum atomic E-state index is 0.885. The minimum absolute atomic E-state index is 0.885. The Balaban J connectivity index is 0.880. The molecule has 0 aliphatic rings. The van der Waals surface area contributed by atoms with Crippen molar-refractivity contribution in [2.75, 3.05) is 4.90 Å². The van der Waals surface area contributed by atoms with Crippen molar-refractivity contribution in [3.8, 4) is 39.1 Å². The molecule has 322 valence electrons. The number of aromatic nitrogens is 1. The van der Waals surface area contributed by atoms with Gasteiger partial charge in [0.1, 0.15) is 11.2 Å². The summed E-state index contributed by atoms with van der Waals surface area (Å²) in [5, 5.41) is 12.1. The molecule has 2 heterocycles. The van der Waals surface area contributed by atoms with Gasteiger partial charge < -0.3 is 13.9 Å². The van der Waals surface area contributed by atoms with Gasteiger partial charge in [0.05, 0.1) is 11.0 Å². The first kappa shape index (κ1) is 39.0. The van der Waals surface area contributed by atoms with Crippen molar-refractivity contribution in [1.29, 1.82) is 0 Å². The van der Waals surface area contributed by atoms with Crippen molar-refractivity contribution in [1.82, 2.24) is 4.57 Å². The van der Waals surface area contributed by atoms with E-state index in [0.717, 1.165) is 72.3 Å². The Labute approximate surface area is 399 Å². The molecule has 0 spiro atoms. The Kier molecular flexibility index (Phi) is 8.90. The number of anilines is 3. The lowest BCUT2D eigenvalue weighted by Crippen LogP contribution is -2.10. The molecule has 0 unspecified atom stereocenters. The van der Waals surface area contributed by atoms with Crippen LogP contribution in [-0.4, -0.2) is 4.57 Å². The van der Waals surface area contributed by atoms with Crippen LogP contribution in [0.15, 0.2) is 259 Å². The summed E-state index contributed by atoms with van der Waals surface area (Å²) < 4.78 is 9.02. The van der Waals surface area contributed by atoms with Gasteiger partial charge in [0, 0.05) is 49.7 Å². The first-order chi connectivity index (χ1) is 34.2. The Morgan fingerprint density at radius 1 is 0.304 bits per heavy atom. The van der Waals surface area contributed by atoms with Crippen LogP contribution in [0.4, 0.5) is 17.1 Å². The van der Waals surface area contributed by atoms with E-state index < -0.39 is 0 Å². The first-order valence-electron chi connectivity index (χ1n) is 23.6. The molecule has 3 nitrogen and oxygen atoms in total. The SMILES string of the molecule is c1cc(-c2cccc3oc4c5ccccc5ccc4c23)cc(N(c2ccc(-c3cccc(-n4c5ccccc5c5ccccc54)c3)cc2)c2ccc(-c3ccc4ccc5ccccc5c4c3)cc2)c1. The zero-order valence-electron chi connectivity index (χ0n) is 37.6. The second-order valence-electron chi connectivity index (χ2n) is 18.1. The van der Waals surface area contributed by atoms with Crippen molar-refractivity contribution >= 4 is 93.1 Å². The van der Waals surface area contributed by atoms with Gasteiger partial charge in [0.25, 0.3) is 0 Å². The first-order valence-corrected chi connectivity index (χ1v) is 23.6. The highest BCUT2D eigenvalue weighted by Crippen LogP contribution is 2.43. The smallest absolute Gasteiger partial charge is 0.143 e. The molecule has 12 aromatic carbocycles. The van der Waals surface area contributed by atoms with Gasteiger partial charge in [-0.2, -0.15) is 0 Å². The summed E-state index contributed by atoms with van der Waals surface area (Å²) in [4.78, 5) is 2.38. The Bertz CT molecular complexity index is 4260. The molecule has 0 N–H and O–H groups in total. The van der Waals surface area contributed by atoms with E-state index in [0.29, 0.717) is 0 Å². The molecular weight excluding hydrogens is 837 g/mol. The average molecular weight is 879 g/mol. The molecule has 69 heavy (non-hydrogen) atoms. The molecule has 0 amide bonds. The van der Waals surface area contributed by atoms with Crippen LogP contribution in [0, 0.1) is 0 Å². The van der Waals surface area contributed by atoms with Crippen molar-refractivity contribution in [3.63, 3.8) is 0 Å². The fourth-order valence-corrected chi connectivity index (χ4v) is 10.9. The van der Waals surface area contributed by atoms with E-state index in [9.17, 15) is 0 Å². The van der Waals surface area contributed by atoms with Crippen molar-refractivity contribution in [3.05, 3.63) is 255 Å². The molecule has 14 aromatic rings. The standard InChI is InChI=1S/C66H42N2O/c1-3-18-55-45(12-1)26-27-47-28-29-49(42-61(47)55)44-32-37-52(38-33-44)67(53-16-10-15-50(41-53)56-22-11-25-64-65(56)60-39-34-46-13-2-4-19-57(46)66(60)69-64)51-35-30-43(31-36-51)48-14-9-17-54(40-48)68-62-23-7-5-20-58(62)59-21-6-8-24-63(59)68/h1-42H. The van der Waals surface area contributed by atoms with Gasteiger partial charge in [0.2, 0.25) is 0 Å². The molecule has 3 heteroatoms. The molecular formula is C66H42N2O. The molecule has 14 rings (SSSR count). The molecule has 0 aliphatic carbocycles. The van der Waals surface area contributed by atoms with E-state index in [-0.39, 0.29) is 0 Å². The summed E-state index contributed by atoms with van der Waals surface area (Å²) in [5.41, 5.74) is 15.5. The van der Waals surface area contributed by atoms with Crippen molar-refractivity contribution in [2.24, 2.45) is 0 Å². The van der Waals surface area contributed by atoms with Crippen molar-refractivity contribution < 1.29 is 4.42 Å². The van der Waals surface area contributed by atoms with Gasteiger partial charge in [0.15, 0.2) is 0 Å². The van der Waals surface area contributed by atoms with E-state index in [1.54, 1.807) is 0 Å². The number of hydrogen-bond acceptors (Lipinski definition) is 2. The number of hydrogen-bond donors (Lipinski definition) is 0. The average Bonchev–Trinajstić information content (AvgIpc) is 3.98. The van der Waals surface area contributed by atoms with E-state index >= 15 is 0 Å². The predicted octanol–water partition coefficient (Wildman–Crippen LogP) is 18.6. The maximum atomic E-state index is 6.64. The largest absolute Gasteiger partial charge is 0.455 e. The molecule has 2 aromatic heterocycles. The zero-order chi connectivity index (χ0) is 45.4. The Morgan fingerprint density at radius 2 is 0.841 bits per heavy atom. The number of nitrogens with zero attached hydrogens (tertiary/aromatic N) is 2. The number of furan rings is 1. The maximum Gasteiger partial charge on any atom is 0.143 e. The lowest BCUT2D eigenvalue weighted by atomic mass is 9.96. The molecule has 0 bridgehead atoms. The summed E-state index contributed by atoms with van der Waals surface area (Å²) in [6.45, 7) is 0. The zero-order valence-corrected chi connectivity index (χ0v) is 37.6. The molecule has 0 radical (unpaired) electrons. The molecule has 0 fully saturated rings. The van der Waals surface area contributed by atoms with Crippen LogP contribution in [0.5, 0.6) is 0 Å². The number of fused-ring (bicyclic) bond motifs is 11. The van der Waals surface area contributed by atoms with E-state index in [4.69, 9.17) is 4.42 Å². The number of rotatable bonds is 7. The van der Waals surface area contributed by atoms with Crippen LogP contribution in [0.25, 0.3) is 115 Å². The van der Waals surface area contributed by atoms with E-state index in [1.807, 2.05) is 0 Å². The third kappa shape index (κ3) is 6.43. The number of benzene rings is 12. The van der Waals surface area contributed by atoms with E-state index in [1.165, 1.54) is 59.9 Å². The van der Waals surface area contributed by atoms with Crippen LogP contribution in [0.2, 0.25) is 0 Å². The summed E-state index contributed by atoms with van der Waals surface area (Å²) in [7, 11) is 0. The fraction of sp³-hybridized carbons (Fsp3) is 0. The summed E-state index contributed by atoms with van der Waals surface area (Å²) in [6.07, 6.45) is 0. The third-order valence-electron chi connectivity index (χ3n) is 14.2. The monoisotopic (exact) mass is 878 g/mol. The minimum Gasteiger partial charge on any atom is -0.455 e. The molecule has 0 atom stereocenters. The van der Waals surface area contributed by atoms with Gasteiger partial charge in [-0.05, 0) is 139 Å². The highest BCUT2D eigenvalue weighted by atomic mass is 16.3. The quantitative estimate of drug-likeness (QED) is 0.149. The fourth-order valence-electron chi connectivity index (χ4n) is 10.9. The van der Waals surface area contributed by atoms with Gasteiger partial charge >= 0.3 is 0 Å². The lowest BCUT2D eigenvalue weighted by molar-refractivity contribution is 0.673. The second-order valence-corrected chi connectivity index (χ2v) is 18.1. The summed E-state index contributed by atoms with van der Waals surface area (Å²) in [6, 6.07) is 92.5. The van der Waals surface area contributed by atoms with Crippen LogP contribution in [0.3, 0.4) is 0 Å². The third-order valence-corrected chi connectivity index (χ3v) is 14.2. The molecule has 0 saturated carbocycles. The van der Waals surface area contributed by atoms with Gasteiger partial charge in [-0.15, -0.1) is 0 Å². The molecule has 0 saturated heterocycles. The summed E-state index contributed by atoms with van der Waals surface area (Å²) in [5.74, 6) is 0. The Hall–Kier alpha value is -9.18. The van der Waals surface area contributed by atoms with Gasteiger partial charge in [-0.25, -0.2) is 0 Å². The second kappa shape index (κ2) is 15.7. The van der Waals surface area contributed by atoms with Crippen molar-refractivity contribution in [2.45, 2.75) is 0 Å². The lowest BCUT2D eigenvalue weighted by Gasteiger charge is -2.26. The van der Waals surface area contributed by atoms with E-state index in [2.05, 4.69) is 264 Å². The van der Waals surface area contributed by atoms with Gasteiger partial charge in [-0.1, -0.05) is 176 Å². The molecule has 0 aliphatic heterocycles. The normalized spacial score (nSPS) is 11.8. The topological polar surface area (TPSA) is 21.3 Å².